The fourth-order valence-corrected chi connectivity index (χ4v) is 3.21. The molecule has 1 atom stereocenters. The molecule has 5 nitrogen and oxygen atoms in total. The van der Waals surface area contributed by atoms with E-state index in [4.69, 9.17) is 0 Å². The number of hydrogen-bond acceptors (Lipinski definition) is 4. The van der Waals surface area contributed by atoms with Crippen LogP contribution in [0.3, 0.4) is 0 Å². The van der Waals surface area contributed by atoms with Gasteiger partial charge < -0.3 is 10.4 Å². The van der Waals surface area contributed by atoms with E-state index in [1.165, 1.54) is 0 Å². The summed E-state index contributed by atoms with van der Waals surface area (Å²) in [6, 6.07) is 15.8. The van der Waals surface area contributed by atoms with E-state index in [0.29, 0.717) is 42.7 Å². The summed E-state index contributed by atoms with van der Waals surface area (Å²) in [5, 5.41) is 12.5. The molecule has 2 aromatic carbocycles. The zero-order valence-electron chi connectivity index (χ0n) is 14.9. The molecule has 2 aromatic rings. The number of hydrogen-bond donors (Lipinski definition) is 2. The third-order valence-electron chi connectivity index (χ3n) is 4.89. The number of rotatable bonds is 5. The molecule has 2 N–H and O–H groups in total. The number of amides is 1. The fourth-order valence-electron chi connectivity index (χ4n) is 3.21. The van der Waals surface area contributed by atoms with Crippen LogP contribution in [-0.2, 0) is 4.79 Å². The Balaban J connectivity index is 1.74. The number of ketones is 1. The van der Waals surface area contributed by atoms with Crippen LogP contribution >= 0.6 is 0 Å². The minimum atomic E-state index is -0.317. The molecular weight excluding hydrogens is 328 g/mol. The third-order valence-corrected chi connectivity index (χ3v) is 4.89. The number of carbonyl (C=O) groups is 2. The van der Waals surface area contributed by atoms with Gasteiger partial charge >= 0.3 is 0 Å². The zero-order chi connectivity index (χ0) is 18.5. The topological polar surface area (TPSA) is 69.6 Å². The molecule has 0 unspecified atom stereocenters. The highest BCUT2D eigenvalue weighted by molar-refractivity contribution is 6.14. The van der Waals surface area contributed by atoms with Crippen molar-refractivity contribution >= 4 is 17.4 Å². The lowest BCUT2D eigenvalue weighted by Crippen LogP contribution is -2.47. The maximum atomic E-state index is 12.8. The standard InChI is InChI=1S/C21H24N2O3/c1-15(23-13-11-17(24)12-14-23)21(26)22-19-10-6-5-9-18(19)20(25)16-7-3-2-4-8-16/h2-10,15,17,24H,11-14H2,1H3,(H,22,26)/t15-/m0/s1. The van der Waals surface area contributed by atoms with Gasteiger partial charge in [0.2, 0.25) is 5.91 Å². The van der Waals surface area contributed by atoms with Crippen molar-refractivity contribution in [3.8, 4) is 0 Å². The number of benzene rings is 2. The number of piperidine rings is 1. The molecule has 0 spiro atoms. The Morgan fingerprint density at radius 3 is 2.35 bits per heavy atom. The first-order chi connectivity index (χ1) is 12.6. The highest BCUT2D eigenvalue weighted by Crippen LogP contribution is 2.21. The fraction of sp³-hybridized carbons (Fsp3) is 0.333. The maximum Gasteiger partial charge on any atom is 0.241 e. The van der Waals surface area contributed by atoms with E-state index >= 15 is 0 Å². The van der Waals surface area contributed by atoms with Crippen molar-refractivity contribution in [2.24, 2.45) is 0 Å². The highest BCUT2D eigenvalue weighted by atomic mass is 16.3. The second-order valence-electron chi connectivity index (χ2n) is 6.67. The van der Waals surface area contributed by atoms with E-state index < -0.39 is 0 Å². The summed E-state index contributed by atoms with van der Waals surface area (Å²) in [6.45, 7) is 3.25. The minimum absolute atomic E-state index is 0.116. The number of aliphatic hydroxyl groups excluding tert-OH is 1. The average molecular weight is 352 g/mol. The molecule has 1 aliphatic rings. The maximum absolute atomic E-state index is 12.8. The summed E-state index contributed by atoms with van der Waals surface area (Å²) < 4.78 is 0. The van der Waals surface area contributed by atoms with Gasteiger partial charge in [-0.15, -0.1) is 0 Å². The van der Waals surface area contributed by atoms with Crippen molar-refractivity contribution in [1.82, 2.24) is 4.90 Å². The van der Waals surface area contributed by atoms with Crippen LogP contribution in [0, 0.1) is 0 Å². The van der Waals surface area contributed by atoms with Gasteiger partial charge in [-0.25, -0.2) is 0 Å². The molecule has 3 rings (SSSR count). The van der Waals surface area contributed by atoms with Crippen molar-refractivity contribution < 1.29 is 14.7 Å². The molecule has 1 heterocycles. The van der Waals surface area contributed by atoms with Gasteiger partial charge in [0.05, 0.1) is 17.8 Å². The Kier molecular flexibility index (Phi) is 5.81. The van der Waals surface area contributed by atoms with E-state index in [0.717, 1.165) is 0 Å². The first kappa shape index (κ1) is 18.3. The quantitative estimate of drug-likeness (QED) is 0.812. The second kappa shape index (κ2) is 8.25. The van der Waals surface area contributed by atoms with Crippen LogP contribution in [0.1, 0.15) is 35.7 Å². The molecule has 5 heteroatoms. The number of likely N-dealkylation sites (tertiary alicyclic amines) is 1. The average Bonchev–Trinajstić information content (AvgIpc) is 2.68. The van der Waals surface area contributed by atoms with Crippen molar-refractivity contribution in [2.75, 3.05) is 18.4 Å². The van der Waals surface area contributed by atoms with Crippen LogP contribution in [0.5, 0.6) is 0 Å². The zero-order valence-corrected chi connectivity index (χ0v) is 14.9. The van der Waals surface area contributed by atoms with Crippen LogP contribution < -0.4 is 5.32 Å². The Morgan fingerprint density at radius 2 is 1.65 bits per heavy atom. The number of aliphatic hydroxyl groups is 1. The third kappa shape index (κ3) is 4.18. The van der Waals surface area contributed by atoms with E-state index in [1.807, 2.05) is 25.1 Å². The van der Waals surface area contributed by atoms with Gasteiger partial charge in [0.25, 0.3) is 0 Å². The van der Waals surface area contributed by atoms with Crippen molar-refractivity contribution in [2.45, 2.75) is 31.9 Å². The summed E-state index contributed by atoms with van der Waals surface area (Å²) in [4.78, 5) is 27.5. The molecule has 0 radical (unpaired) electrons. The Labute approximate surface area is 153 Å². The second-order valence-corrected chi connectivity index (χ2v) is 6.67. The SMILES string of the molecule is C[C@@H](C(=O)Nc1ccccc1C(=O)c1ccccc1)N1CCC(O)CC1. The van der Waals surface area contributed by atoms with Crippen LogP contribution in [0.15, 0.2) is 54.6 Å². The summed E-state index contributed by atoms with van der Waals surface area (Å²) in [5.74, 6) is -0.259. The largest absolute Gasteiger partial charge is 0.393 e. The molecule has 1 fully saturated rings. The molecule has 0 saturated carbocycles. The Hall–Kier alpha value is -2.50. The molecule has 0 aromatic heterocycles. The first-order valence-electron chi connectivity index (χ1n) is 8.98. The van der Waals surface area contributed by atoms with Gasteiger partial charge in [-0.05, 0) is 31.9 Å². The normalized spacial score (nSPS) is 16.8. The van der Waals surface area contributed by atoms with Crippen LogP contribution in [0.2, 0.25) is 0 Å². The van der Waals surface area contributed by atoms with Gasteiger partial charge in [-0.2, -0.15) is 0 Å². The van der Waals surface area contributed by atoms with Gasteiger partial charge in [0, 0.05) is 24.2 Å². The van der Waals surface area contributed by atoms with E-state index in [2.05, 4.69) is 10.2 Å². The lowest BCUT2D eigenvalue weighted by molar-refractivity contribution is -0.121. The predicted octanol–water partition coefficient (Wildman–Crippen LogP) is 2.70. The minimum Gasteiger partial charge on any atom is -0.393 e. The molecule has 136 valence electrons. The monoisotopic (exact) mass is 352 g/mol. The smallest absolute Gasteiger partial charge is 0.241 e. The van der Waals surface area contributed by atoms with Gasteiger partial charge in [0.15, 0.2) is 5.78 Å². The number of nitrogens with one attached hydrogen (secondary N) is 1. The summed E-state index contributed by atoms with van der Waals surface area (Å²) in [5.41, 5.74) is 1.59. The summed E-state index contributed by atoms with van der Waals surface area (Å²) in [7, 11) is 0. The van der Waals surface area contributed by atoms with Crippen molar-refractivity contribution in [1.29, 1.82) is 0 Å². The van der Waals surface area contributed by atoms with E-state index in [-0.39, 0.29) is 23.8 Å². The Bertz CT molecular complexity index is 768. The van der Waals surface area contributed by atoms with Crippen LogP contribution in [0.25, 0.3) is 0 Å². The van der Waals surface area contributed by atoms with Gasteiger partial charge in [-0.1, -0.05) is 42.5 Å². The number of para-hydroxylation sites is 1. The van der Waals surface area contributed by atoms with Crippen LogP contribution in [0.4, 0.5) is 5.69 Å². The molecule has 1 aliphatic heterocycles. The number of anilines is 1. The summed E-state index contributed by atoms with van der Waals surface area (Å²) >= 11 is 0. The lowest BCUT2D eigenvalue weighted by Gasteiger charge is -2.33. The molecular formula is C21H24N2O3. The predicted molar refractivity (Wildman–Crippen MR) is 101 cm³/mol. The van der Waals surface area contributed by atoms with Gasteiger partial charge in [-0.3, -0.25) is 14.5 Å². The van der Waals surface area contributed by atoms with Gasteiger partial charge in [0.1, 0.15) is 0 Å². The summed E-state index contributed by atoms with van der Waals surface area (Å²) in [6.07, 6.45) is 1.09. The molecule has 1 amide bonds. The van der Waals surface area contributed by atoms with Crippen molar-refractivity contribution in [3.63, 3.8) is 0 Å². The molecule has 26 heavy (non-hydrogen) atoms. The Morgan fingerprint density at radius 1 is 1.04 bits per heavy atom. The van der Waals surface area contributed by atoms with Crippen molar-refractivity contribution in [3.05, 3.63) is 65.7 Å². The number of nitrogens with zero attached hydrogens (tertiary/aromatic N) is 1. The number of carbonyl (C=O) groups excluding carboxylic acids is 2. The first-order valence-corrected chi connectivity index (χ1v) is 8.98. The van der Waals surface area contributed by atoms with E-state index in [1.54, 1.807) is 36.4 Å². The molecule has 1 saturated heterocycles. The molecule has 0 aliphatic carbocycles. The van der Waals surface area contributed by atoms with Crippen LogP contribution in [-0.4, -0.2) is 46.9 Å². The highest BCUT2D eigenvalue weighted by Gasteiger charge is 2.26. The van der Waals surface area contributed by atoms with E-state index in [9.17, 15) is 14.7 Å². The lowest BCUT2D eigenvalue weighted by atomic mass is 10.0. The molecule has 0 bridgehead atoms.